The second kappa shape index (κ2) is 18.6. The normalized spacial score (nSPS) is 11.5. The van der Waals surface area contributed by atoms with Crippen LogP contribution in [0.2, 0.25) is 0 Å². The van der Waals surface area contributed by atoms with E-state index in [-0.39, 0.29) is 12.8 Å². The highest BCUT2D eigenvalue weighted by atomic mass is 16.4. The van der Waals surface area contributed by atoms with E-state index in [0.29, 0.717) is 0 Å². The van der Waals surface area contributed by atoms with Crippen LogP contribution in [0, 0.1) is 0 Å². The lowest BCUT2D eigenvalue weighted by Gasteiger charge is -1.97. The van der Waals surface area contributed by atoms with E-state index >= 15 is 0 Å². The molecular weight excluding hydrogens is 320 g/mol. The van der Waals surface area contributed by atoms with Gasteiger partial charge in [-0.05, 0) is 57.4 Å². The Kier molecular flexibility index (Phi) is 17.3. The molecule has 0 fully saturated rings. The largest absolute Gasteiger partial charge is 0.481 e. The summed E-state index contributed by atoms with van der Waals surface area (Å²) in [7, 11) is 0. The highest BCUT2D eigenvalue weighted by Crippen LogP contribution is 2.04. The van der Waals surface area contributed by atoms with Gasteiger partial charge in [0.2, 0.25) is 0 Å². The van der Waals surface area contributed by atoms with Gasteiger partial charge in [0.15, 0.2) is 0 Å². The van der Waals surface area contributed by atoms with Gasteiger partial charge in [0.1, 0.15) is 0 Å². The average molecular weight is 354 g/mol. The van der Waals surface area contributed by atoms with Gasteiger partial charge in [-0.25, -0.2) is 0 Å². The first-order valence-electron chi connectivity index (χ1n) is 9.53. The van der Waals surface area contributed by atoms with Gasteiger partial charge in [-0.2, -0.15) is 0 Å². The molecule has 0 saturated carbocycles. The lowest BCUT2D eigenvalue weighted by Crippen LogP contribution is -1.94. The van der Waals surface area contributed by atoms with Crippen molar-refractivity contribution in [2.24, 2.45) is 9.98 Å². The second-order valence-electron chi connectivity index (χ2n) is 6.22. The number of aliphatic imine (C=N–C) groups is 2. The van der Waals surface area contributed by atoms with Crippen molar-refractivity contribution in [3.8, 4) is 0 Å². The lowest BCUT2D eigenvalue weighted by molar-refractivity contribution is -0.138. The molecule has 0 aromatic heterocycles. The predicted molar refractivity (Wildman–Crippen MR) is 102 cm³/mol. The minimum absolute atomic E-state index is 0.273. The summed E-state index contributed by atoms with van der Waals surface area (Å²) in [5, 5.41) is 17.0. The Morgan fingerprint density at radius 3 is 1.40 bits per heavy atom. The van der Waals surface area contributed by atoms with E-state index in [4.69, 9.17) is 10.2 Å². The fourth-order valence-electron chi connectivity index (χ4n) is 2.33. The van der Waals surface area contributed by atoms with Gasteiger partial charge in [-0.15, -0.1) is 0 Å². The van der Waals surface area contributed by atoms with Crippen molar-refractivity contribution < 1.29 is 19.8 Å². The standard InChI is InChI=1S/C19H34N2O4/c22-18(23)12-6-1-3-8-14-20-16-10-5-11-17-21-15-9-4-2-7-13-19(24)25/h16-17H,1-15H2,(H,22,23)(H,24,25). The van der Waals surface area contributed by atoms with Crippen LogP contribution < -0.4 is 0 Å². The molecular formula is C19H34N2O4. The second-order valence-corrected chi connectivity index (χ2v) is 6.22. The Balaban J connectivity index is 3.21. The maximum atomic E-state index is 10.3. The zero-order valence-electron chi connectivity index (χ0n) is 15.4. The summed E-state index contributed by atoms with van der Waals surface area (Å²) < 4.78 is 0. The van der Waals surface area contributed by atoms with Gasteiger partial charge in [-0.3, -0.25) is 19.6 Å². The van der Waals surface area contributed by atoms with Crippen LogP contribution in [0.3, 0.4) is 0 Å². The monoisotopic (exact) mass is 354 g/mol. The molecule has 0 aromatic rings. The van der Waals surface area contributed by atoms with E-state index in [2.05, 4.69) is 9.98 Å². The van der Waals surface area contributed by atoms with Gasteiger partial charge in [0, 0.05) is 25.9 Å². The summed E-state index contributed by atoms with van der Waals surface area (Å²) in [6, 6.07) is 0. The Morgan fingerprint density at radius 2 is 1.00 bits per heavy atom. The maximum absolute atomic E-state index is 10.3. The third-order valence-corrected chi connectivity index (χ3v) is 3.78. The van der Waals surface area contributed by atoms with Crippen LogP contribution >= 0.6 is 0 Å². The van der Waals surface area contributed by atoms with Crippen LogP contribution in [-0.4, -0.2) is 47.7 Å². The minimum atomic E-state index is -0.711. The molecule has 0 unspecified atom stereocenters. The van der Waals surface area contributed by atoms with Crippen LogP contribution in [0.25, 0.3) is 0 Å². The van der Waals surface area contributed by atoms with E-state index in [0.717, 1.165) is 83.7 Å². The first kappa shape index (κ1) is 23.3. The van der Waals surface area contributed by atoms with E-state index in [1.807, 2.05) is 12.4 Å². The summed E-state index contributed by atoms with van der Waals surface area (Å²) >= 11 is 0. The molecule has 6 nitrogen and oxygen atoms in total. The molecule has 0 amide bonds. The average Bonchev–Trinajstić information content (AvgIpc) is 2.56. The Bertz CT molecular complexity index is 359. The molecule has 0 bridgehead atoms. The van der Waals surface area contributed by atoms with Crippen molar-refractivity contribution in [3.05, 3.63) is 0 Å². The molecule has 0 aliphatic heterocycles. The van der Waals surface area contributed by atoms with Crippen molar-refractivity contribution in [1.29, 1.82) is 0 Å². The van der Waals surface area contributed by atoms with Crippen LogP contribution in [0.5, 0.6) is 0 Å². The Morgan fingerprint density at radius 1 is 0.600 bits per heavy atom. The molecule has 0 aromatic carbocycles. The van der Waals surface area contributed by atoms with Gasteiger partial charge >= 0.3 is 11.9 Å². The fourth-order valence-corrected chi connectivity index (χ4v) is 2.33. The van der Waals surface area contributed by atoms with E-state index in [9.17, 15) is 9.59 Å². The topological polar surface area (TPSA) is 99.3 Å². The third kappa shape index (κ3) is 22.3. The molecule has 0 aliphatic rings. The van der Waals surface area contributed by atoms with Gasteiger partial charge in [0.25, 0.3) is 0 Å². The number of nitrogens with zero attached hydrogens (tertiary/aromatic N) is 2. The molecule has 0 radical (unpaired) electrons. The molecule has 25 heavy (non-hydrogen) atoms. The predicted octanol–water partition coefficient (Wildman–Crippen LogP) is 4.37. The molecule has 0 atom stereocenters. The van der Waals surface area contributed by atoms with Crippen molar-refractivity contribution in [3.63, 3.8) is 0 Å². The minimum Gasteiger partial charge on any atom is -0.481 e. The molecule has 0 saturated heterocycles. The Labute approximate surface area is 151 Å². The number of carboxylic acids is 2. The zero-order valence-corrected chi connectivity index (χ0v) is 15.4. The zero-order chi connectivity index (χ0) is 18.6. The summed E-state index contributed by atoms with van der Waals surface area (Å²) in [4.78, 5) is 29.4. The molecule has 0 aliphatic carbocycles. The van der Waals surface area contributed by atoms with Crippen LogP contribution in [-0.2, 0) is 9.59 Å². The number of unbranched alkanes of at least 4 members (excludes halogenated alkanes) is 8. The molecule has 2 N–H and O–H groups in total. The van der Waals surface area contributed by atoms with Crippen molar-refractivity contribution >= 4 is 24.4 Å². The maximum Gasteiger partial charge on any atom is 0.303 e. The molecule has 144 valence electrons. The highest BCUT2D eigenvalue weighted by molar-refractivity contribution is 5.66. The number of rotatable bonds is 18. The van der Waals surface area contributed by atoms with E-state index in [1.54, 1.807) is 0 Å². The van der Waals surface area contributed by atoms with E-state index < -0.39 is 11.9 Å². The molecule has 0 rings (SSSR count). The molecule has 0 spiro atoms. The molecule has 0 heterocycles. The molecule has 6 heteroatoms. The van der Waals surface area contributed by atoms with Gasteiger partial charge < -0.3 is 10.2 Å². The smallest absolute Gasteiger partial charge is 0.303 e. The summed E-state index contributed by atoms with van der Waals surface area (Å²) in [5.41, 5.74) is 0. The Hall–Kier alpha value is -1.72. The van der Waals surface area contributed by atoms with E-state index in [1.165, 1.54) is 0 Å². The number of carbonyl (C=O) groups is 2. The van der Waals surface area contributed by atoms with Crippen LogP contribution in [0.1, 0.15) is 83.5 Å². The number of carboxylic acid groups (broad SMARTS) is 2. The van der Waals surface area contributed by atoms with Crippen molar-refractivity contribution in [2.45, 2.75) is 83.5 Å². The highest BCUT2D eigenvalue weighted by Gasteiger charge is 1.96. The van der Waals surface area contributed by atoms with Gasteiger partial charge in [0.05, 0.1) is 0 Å². The third-order valence-electron chi connectivity index (χ3n) is 3.78. The fraction of sp³-hybridized carbons (Fsp3) is 0.789. The van der Waals surface area contributed by atoms with Crippen LogP contribution in [0.4, 0.5) is 0 Å². The van der Waals surface area contributed by atoms with Gasteiger partial charge in [-0.1, -0.05) is 25.7 Å². The van der Waals surface area contributed by atoms with Crippen molar-refractivity contribution in [2.75, 3.05) is 13.1 Å². The number of hydrogen-bond donors (Lipinski definition) is 2. The number of aliphatic carboxylic acids is 2. The summed E-state index contributed by atoms with van der Waals surface area (Å²) in [6.45, 7) is 1.67. The number of hydrogen-bond acceptors (Lipinski definition) is 4. The van der Waals surface area contributed by atoms with Crippen LogP contribution in [0.15, 0.2) is 9.98 Å². The van der Waals surface area contributed by atoms with Crippen molar-refractivity contribution in [1.82, 2.24) is 0 Å². The summed E-state index contributed by atoms with van der Waals surface area (Å²) in [6.07, 6.45) is 15.1. The lowest BCUT2D eigenvalue weighted by atomic mass is 10.1. The summed E-state index contributed by atoms with van der Waals surface area (Å²) in [5.74, 6) is -1.42. The first-order valence-corrected chi connectivity index (χ1v) is 9.53. The quantitative estimate of drug-likeness (QED) is 0.282. The SMILES string of the molecule is O=C(O)CCCCCCN=CCCCC=NCCCCCCC(=O)O. The first-order chi connectivity index (χ1) is 12.1.